The molecule has 0 bridgehead atoms. The Morgan fingerprint density at radius 2 is 1.65 bits per heavy atom. The Kier molecular flexibility index (Phi) is 9.71. The maximum Gasteiger partial charge on any atom is 0.264 e. The molecule has 40 heavy (non-hydrogen) atoms. The Labute approximate surface area is 243 Å². The minimum atomic E-state index is -4.25. The highest BCUT2D eigenvalue weighted by atomic mass is 35.5. The van der Waals surface area contributed by atoms with Crippen molar-refractivity contribution >= 4 is 50.7 Å². The van der Waals surface area contributed by atoms with E-state index in [0.29, 0.717) is 10.6 Å². The van der Waals surface area contributed by atoms with E-state index in [0.717, 1.165) is 30.0 Å². The van der Waals surface area contributed by atoms with Crippen LogP contribution in [0, 0.1) is 5.82 Å². The van der Waals surface area contributed by atoms with Crippen LogP contribution in [0.3, 0.4) is 0 Å². The molecule has 1 saturated carbocycles. The number of amides is 2. The van der Waals surface area contributed by atoms with Crippen molar-refractivity contribution in [3.8, 4) is 0 Å². The van der Waals surface area contributed by atoms with Crippen molar-refractivity contribution in [2.75, 3.05) is 10.8 Å². The molecule has 2 amide bonds. The lowest BCUT2D eigenvalue weighted by atomic mass is 10.1. The first-order valence-electron chi connectivity index (χ1n) is 12.9. The van der Waals surface area contributed by atoms with Gasteiger partial charge in [-0.2, -0.15) is 0 Å². The fourth-order valence-electron chi connectivity index (χ4n) is 4.68. The minimum Gasteiger partial charge on any atom is -0.352 e. The van der Waals surface area contributed by atoms with Gasteiger partial charge in [0.15, 0.2) is 0 Å². The van der Waals surface area contributed by atoms with Crippen LogP contribution in [-0.2, 0) is 26.2 Å². The number of rotatable bonds is 10. The Hall–Kier alpha value is -3.14. The number of hydrogen-bond acceptors (Lipinski definition) is 4. The highest BCUT2D eigenvalue weighted by Crippen LogP contribution is 2.33. The van der Waals surface area contributed by atoms with Crippen molar-refractivity contribution in [3.05, 3.63) is 94.2 Å². The molecule has 3 aromatic rings. The smallest absolute Gasteiger partial charge is 0.264 e. The molecule has 0 saturated heterocycles. The van der Waals surface area contributed by atoms with Gasteiger partial charge in [0.25, 0.3) is 10.0 Å². The fourth-order valence-corrected chi connectivity index (χ4v) is 6.69. The predicted molar refractivity (Wildman–Crippen MR) is 154 cm³/mol. The quantitative estimate of drug-likeness (QED) is 0.316. The molecule has 0 unspecified atom stereocenters. The lowest BCUT2D eigenvalue weighted by Crippen LogP contribution is -2.52. The van der Waals surface area contributed by atoms with Crippen molar-refractivity contribution in [3.63, 3.8) is 0 Å². The lowest BCUT2D eigenvalue weighted by molar-refractivity contribution is -0.139. The van der Waals surface area contributed by atoms with E-state index in [1.54, 1.807) is 25.1 Å². The summed E-state index contributed by atoms with van der Waals surface area (Å²) >= 11 is 12.5. The van der Waals surface area contributed by atoms with Gasteiger partial charge in [-0.05, 0) is 67.8 Å². The third-order valence-corrected chi connectivity index (χ3v) is 9.24. The summed E-state index contributed by atoms with van der Waals surface area (Å²) in [4.78, 5) is 28.4. The zero-order valence-electron chi connectivity index (χ0n) is 21.9. The Morgan fingerprint density at radius 1 is 1.00 bits per heavy atom. The molecule has 212 valence electrons. The van der Waals surface area contributed by atoms with Crippen molar-refractivity contribution in [1.29, 1.82) is 0 Å². The number of benzene rings is 3. The van der Waals surface area contributed by atoms with Gasteiger partial charge < -0.3 is 10.2 Å². The molecule has 0 heterocycles. The van der Waals surface area contributed by atoms with Crippen molar-refractivity contribution < 1.29 is 22.4 Å². The van der Waals surface area contributed by atoms with E-state index < -0.39 is 34.3 Å². The molecule has 0 spiro atoms. The topological polar surface area (TPSA) is 86.8 Å². The zero-order chi connectivity index (χ0) is 28.9. The molecule has 1 atom stereocenters. The van der Waals surface area contributed by atoms with E-state index >= 15 is 0 Å². The minimum absolute atomic E-state index is 0.0283. The van der Waals surface area contributed by atoms with Gasteiger partial charge in [-0.1, -0.05) is 66.4 Å². The van der Waals surface area contributed by atoms with E-state index in [-0.39, 0.29) is 34.1 Å². The zero-order valence-corrected chi connectivity index (χ0v) is 24.2. The second-order valence-corrected chi connectivity index (χ2v) is 12.4. The number of halogens is 3. The van der Waals surface area contributed by atoms with Crippen LogP contribution in [0.15, 0.2) is 77.7 Å². The Balaban J connectivity index is 1.70. The van der Waals surface area contributed by atoms with Crippen LogP contribution in [0.25, 0.3) is 0 Å². The third kappa shape index (κ3) is 7.13. The van der Waals surface area contributed by atoms with E-state index in [4.69, 9.17) is 23.2 Å². The monoisotopic (exact) mass is 605 g/mol. The van der Waals surface area contributed by atoms with Crippen molar-refractivity contribution in [2.24, 2.45) is 0 Å². The molecular formula is C29H30Cl2FN3O4S. The van der Waals surface area contributed by atoms with Crippen LogP contribution >= 0.6 is 23.2 Å². The van der Waals surface area contributed by atoms with Gasteiger partial charge in [0.2, 0.25) is 11.8 Å². The third-order valence-electron chi connectivity index (χ3n) is 6.92. The summed E-state index contributed by atoms with van der Waals surface area (Å²) in [6, 6.07) is 16.6. The number of sulfonamides is 1. The normalized spacial score (nSPS) is 14.5. The van der Waals surface area contributed by atoms with E-state index in [9.17, 15) is 22.4 Å². The number of carbonyl (C=O) groups excluding carboxylic acids is 2. The van der Waals surface area contributed by atoms with Crippen LogP contribution in [-0.4, -0.2) is 43.8 Å². The van der Waals surface area contributed by atoms with E-state index in [1.807, 2.05) is 0 Å². The first-order valence-corrected chi connectivity index (χ1v) is 15.1. The number of hydrogen-bond donors (Lipinski definition) is 1. The number of nitrogens with one attached hydrogen (secondary N) is 1. The summed E-state index contributed by atoms with van der Waals surface area (Å²) in [6.45, 7) is 0.920. The number of nitrogens with zero attached hydrogens (tertiary/aromatic N) is 2. The van der Waals surface area contributed by atoms with Gasteiger partial charge in [0.05, 0.1) is 15.6 Å². The van der Waals surface area contributed by atoms with E-state index in [1.165, 1.54) is 59.5 Å². The van der Waals surface area contributed by atoms with Gasteiger partial charge in [-0.25, -0.2) is 12.8 Å². The van der Waals surface area contributed by atoms with E-state index in [2.05, 4.69) is 5.32 Å². The fraction of sp³-hybridized carbons (Fsp3) is 0.310. The molecule has 0 aromatic heterocycles. The average Bonchev–Trinajstić information content (AvgIpc) is 3.45. The maximum atomic E-state index is 13.9. The maximum absolute atomic E-state index is 13.9. The Bertz CT molecular complexity index is 1450. The predicted octanol–water partition coefficient (Wildman–Crippen LogP) is 5.80. The van der Waals surface area contributed by atoms with Gasteiger partial charge in [-0.15, -0.1) is 0 Å². The van der Waals surface area contributed by atoms with Crippen LogP contribution in [0.1, 0.15) is 38.2 Å². The molecule has 4 rings (SSSR count). The summed E-state index contributed by atoms with van der Waals surface area (Å²) in [5.74, 6) is -1.42. The molecular weight excluding hydrogens is 576 g/mol. The van der Waals surface area contributed by atoms with Crippen LogP contribution in [0.2, 0.25) is 10.0 Å². The molecule has 1 aliphatic carbocycles. The molecule has 11 heteroatoms. The Morgan fingerprint density at radius 3 is 2.27 bits per heavy atom. The largest absolute Gasteiger partial charge is 0.352 e. The van der Waals surface area contributed by atoms with Gasteiger partial charge in [0, 0.05) is 17.6 Å². The summed E-state index contributed by atoms with van der Waals surface area (Å²) in [6.07, 6.45) is 3.77. The van der Waals surface area contributed by atoms with Gasteiger partial charge in [0.1, 0.15) is 18.4 Å². The van der Waals surface area contributed by atoms with Crippen molar-refractivity contribution in [1.82, 2.24) is 10.2 Å². The molecule has 1 fully saturated rings. The summed E-state index contributed by atoms with van der Waals surface area (Å²) in [5, 5.41) is 3.34. The average molecular weight is 607 g/mol. The molecule has 1 N–H and O–H groups in total. The van der Waals surface area contributed by atoms with Crippen molar-refractivity contribution in [2.45, 2.75) is 56.1 Å². The summed E-state index contributed by atoms with van der Waals surface area (Å²) < 4.78 is 42.1. The number of anilines is 1. The lowest BCUT2D eigenvalue weighted by Gasteiger charge is -2.32. The molecule has 0 radical (unpaired) electrons. The van der Waals surface area contributed by atoms with Gasteiger partial charge >= 0.3 is 0 Å². The van der Waals surface area contributed by atoms with Crippen LogP contribution in [0.4, 0.5) is 10.1 Å². The molecule has 1 aliphatic rings. The molecule has 0 aliphatic heterocycles. The second-order valence-electron chi connectivity index (χ2n) is 9.73. The van der Waals surface area contributed by atoms with Crippen LogP contribution in [0.5, 0.6) is 0 Å². The summed E-state index contributed by atoms with van der Waals surface area (Å²) in [5.41, 5.74) is 0.644. The second kappa shape index (κ2) is 13.0. The SMILES string of the molecule is C[C@@H](C(=O)NC1CCCC1)N(Cc1ccc(F)cc1)C(=O)CN(c1ccc(Cl)cc1Cl)S(=O)(=O)c1ccccc1. The first-order chi connectivity index (χ1) is 19.1. The summed E-state index contributed by atoms with van der Waals surface area (Å²) in [7, 11) is -4.25. The van der Waals surface area contributed by atoms with Gasteiger partial charge in [-0.3, -0.25) is 13.9 Å². The highest BCUT2D eigenvalue weighted by molar-refractivity contribution is 7.92. The molecule has 7 nitrogen and oxygen atoms in total. The highest BCUT2D eigenvalue weighted by Gasteiger charge is 2.34. The number of carbonyl (C=O) groups is 2. The standard InChI is InChI=1S/C29H30Cl2FN3O4S/c1-20(29(37)33-24-7-5-6-8-24)34(18-21-11-14-23(32)15-12-21)28(36)19-35(27-16-13-22(30)17-26(27)31)40(38,39)25-9-3-2-4-10-25/h2-4,9-17,20,24H,5-8,18-19H2,1H3,(H,33,37)/t20-/m0/s1. The van der Waals surface area contributed by atoms with Crippen LogP contribution < -0.4 is 9.62 Å². The molecule has 3 aromatic carbocycles. The first kappa shape index (κ1) is 29.8.